The van der Waals surface area contributed by atoms with Gasteiger partial charge in [0.15, 0.2) is 0 Å². The van der Waals surface area contributed by atoms with Crippen LogP contribution in [0.2, 0.25) is 0 Å². The highest BCUT2D eigenvalue weighted by Crippen LogP contribution is 2.30. The Morgan fingerprint density at radius 1 is 1.03 bits per heavy atom. The van der Waals surface area contributed by atoms with E-state index in [-0.39, 0.29) is 23.6 Å². The summed E-state index contributed by atoms with van der Waals surface area (Å²) in [4.78, 5) is 12.9. The maximum atomic E-state index is 12.9. The van der Waals surface area contributed by atoms with E-state index in [4.69, 9.17) is 0 Å². The number of fused-ring (bicyclic) bond motifs is 1. The second-order valence-electron chi connectivity index (χ2n) is 8.57. The normalized spacial score (nSPS) is 20.5. The van der Waals surface area contributed by atoms with Crippen molar-refractivity contribution < 1.29 is 13.2 Å². The Labute approximate surface area is 179 Å². The Morgan fingerprint density at radius 2 is 1.73 bits per heavy atom. The Hall–Kier alpha value is -2.18. The van der Waals surface area contributed by atoms with Crippen molar-refractivity contribution in [3.05, 3.63) is 70.8 Å². The lowest BCUT2D eigenvalue weighted by molar-refractivity contribution is -0.127. The van der Waals surface area contributed by atoms with E-state index in [0.29, 0.717) is 25.9 Å². The summed E-state index contributed by atoms with van der Waals surface area (Å²) < 4.78 is 27.1. The van der Waals surface area contributed by atoms with E-state index in [1.807, 2.05) is 37.3 Å². The molecule has 2 aliphatic rings. The van der Waals surface area contributed by atoms with Crippen molar-refractivity contribution >= 4 is 15.9 Å². The van der Waals surface area contributed by atoms with E-state index in [1.54, 1.807) is 4.31 Å². The molecular weight excluding hydrogens is 396 g/mol. The van der Waals surface area contributed by atoms with E-state index < -0.39 is 10.0 Å². The summed E-state index contributed by atoms with van der Waals surface area (Å²) in [6.45, 7) is 2.81. The number of benzene rings is 2. The van der Waals surface area contributed by atoms with Gasteiger partial charge in [-0.25, -0.2) is 12.7 Å². The number of amides is 1. The molecule has 1 amide bonds. The first-order chi connectivity index (χ1) is 14.4. The van der Waals surface area contributed by atoms with Crippen LogP contribution in [0.1, 0.15) is 54.0 Å². The van der Waals surface area contributed by atoms with Gasteiger partial charge in [0.25, 0.3) is 0 Å². The van der Waals surface area contributed by atoms with Crippen molar-refractivity contribution in [1.82, 2.24) is 9.62 Å². The van der Waals surface area contributed by atoms with Gasteiger partial charge in [-0.2, -0.15) is 0 Å². The minimum atomic E-state index is -3.36. The Morgan fingerprint density at radius 3 is 2.47 bits per heavy atom. The fourth-order valence-electron chi connectivity index (χ4n) is 4.58. The highest BCUT2D eigenvalue weighted by molar-refractivity contribution is 7.88. The Kier molecular flexibility index (Phi) is 6.25. The lowest BCUT2D eigenvalue weighted by Gasteiger charge is -2.32. The van der Waals surface area contributed by atoms with Gasteiger partial charge in [0.1, 0.15) is 0 Å². The predicted molar refractivity (Wildman–Crippen MR) is 118 cm³/mol. The monoisotopic (exact) mass is 426 g/mol. The molecule has 1 atom stereocenters. The zero-order valence-electron chi connectivity index (χ0n) is 17.5. The quantitative estimate of drug-likeness (QED) is 0.792. The SMILES string of the molecule is Cc1ccc(CS(=O)(=O)N2CCC(C(=O)N[C@H]3CCCc4ccccc43)CC2)cc1. The first kappa shape index (κ1) is 21.1. The molecule has 1 N–H and O–H groups in total. The summed E-state index contributed by atoms with van der Waals surface area (Å²) >= 11 is 0. The van der Waals surface area contributed by atoms with Gasteiger partial charge in [0, 0.05) is 19.0 Å². The molecule has 0 spiro atoms. The predicted octanol–water partition coefficient (Wildman–Crippen LogP) is 3.73. The molecule has 0 saturated carbocycles. The highest BCUT2D eigenvalue weighted by Gasteiger charge is 2.32. The number of piperidine rings is 1. The Bertz CT molecular complexity index is 993. The van der Waals surface area contributed by atoms with E-state index in [9.17, 15) is 13.2 Å². The third kappa shape index (κ3) is 4.76. The summed E-state index contributed by atoms with van der Waals surface area (Å²) in [7, 11) is -3.36. The molecule has 4 rings (SSSR count). The van der Waals surface area contributed by atoms with Gasteiger partial charge in [0.2, 0.25) is 15.9 Å². The molecule has 0 unspecified atom stereocenters. The molecule has 2 aromatic rings. The van der Waals surface area contributed by atoms with E-state index in [0.717, 1.165) is 30.4 Å². The minimum absolute atomic E-state index is 0.0169. The molecule has 30 heavy (non-hydrogen) atoms. The van der Waals surface area contributed by atoms with Gasteiger partial charge in [-0.1, -0.05) is 54.1 Å². The molecule has 6 heteroatoms. The fourth-order valence-corrected chi connectivity index (χ4v) is 6.14. The fraction of sp³-hybridized carbons (Fsp3) is 0.458. The van der Waals surface area contributed by atoms with Crippen LogP contribution in [-0.2, 0) is 27.0 Å². The first-order valence-corrected chi connectivity index (χ1v) is 12.4. The number of hydrogen-bond acceptors (Lipinski definition) is 3. The minimum Gasteiger partial charge on any atom is -0.349 e. The van der Waals surface area contributed by atoms with Crippen LogP contribution < -0.4 is 5.32 Å². The van der Waals surface area contributed by atoms with Crippen LogP contribution in [0.25, 0.3) is 0 Å². The molecule has 1 fully saturated rings. The van der Waals surface area contributed by atoms with E-state index >= 15 is 0 Å². The molecule has 0 bridgehead atoms. The van der Waals surface area contributed by atoms with Crippen LogP contribution in [0.5, 0.6) is 0 Å². The molecule has 5 nitrogen and oxygen atoms in total. The van der Waals surface area contributed by atoms with Crippen molar-refractivity contribution in [3.63, 3.8) is 0 Å². The van der Waals surface area contributed by atoms with E-state index in [2.05, 4.69) is 23.5 Å². The Balaban J connectivity index is 1.33. The van der Waals surface area contributed by atoms with Crippen LogP contribution in [0, 0.1) is 12.8 Å². The number of carbonyl (C=O) groups excluding carboxylic acids is 1. The van der Waals surface area contributed by atoms with E-state index in [1.165, 1.54) is 11.1 Å². The van der Waals surface area contributed by atoms with Crippen LogP contribution >= 0.6 is 0 Å². The third-order valence-electron chi connectivity index (χ3n) is 6.37. The van der Waals surface area contributed by atoms with Crippen molar-refractivity contribution in [3.8, 4) is 0 Å². The summed E-state index contributed by atoms with van der Waals surface area (Å²) in [6, 6.07) is 16.0. The summed E-state index contributed by atoms with van der Waals surface area (Å²) in [5, 5.41) is 3.24. The highest BCUT2D eigenvalue weighted by atomic mass is 32.2. The summed E-state index contributed by atoms with van der Waals surface area (Å²) in [5.41, 5.74) is 4.47. The second kappa shape index (κ2) is 8.90. The number of aryl methyl sites for hydroxylation is 2. The maximum absolute atomic E-state index is 12.9. The summed E-state index contributed by atoms with van der Waals surface area (Å²) in [5.74, 6) is -0.0413. The van der Waals surface area contributed by atoms with Gasteiger partial charge in [0.05, 0.1) is 11.8 Å². The summed E-state index contributed by atoms with van der Waals surface area (Å²) in [6.07, 6.45) is 4.27. The van der Waals surface area contributed by atoms with Gasteiger partial charge in [-0.05, 0) is 55.7 Å². The average molecular weight is 427 g/mol. The molecule has 160 valence electrons. The topological polar surface area (TPSA) is 66.5 Å². The molecule has 1 aliphatic carbocycles. The van der Waals surface area contributed by atoms with Crippen molar-refractivity contribution in [2.24, 2.45) is 5.92 Å². The number of hydrogen-bond donors (Lipinski definition) is 1. The van der Waals surface area contributed by atoms with Crippen LogP contribution in [-0.4, -0.2) is 31.7 Å². The maximum Gasteiger partial charge on any atom is 0.223 e. The lowest BCUT2D eigenvalue weighted by atomic mass is 9.87. The van der Waals surface area contributed by atoms with Gasteiger partial charge < -0.3 is 5.32 Å². The molecule has 1 heterocycles. The first-order valence-electron chi connectivity index (χ1n) is 10.8. The van der Waals surface area contributed by atoms with Gasteiger partial charge >= 0.3 is 0 Å². The van der Waals surface area contributed by atoms with Crippen molar-refractivity contribution in [2.75, 3.05) is 13.1 Å². The standard InChI is InChI=1S/C24H30N2O3S/c1-18-9-11-19(12-10-18)17-30(28,29)26-15-13-21(14-16-26)24(27)25-23-8-4-6-20-5-2-3-7-22(20)23/h2-3,5,7,9-12,21,23H,4,6,8,13-17H2,1H3,(H,25,27)/t23-/m0/s1. The number of rotatable bonds is 5. The molecule has 0 radical (unpaired) electrons. The number of nitrogens with one attached hydrogen (secondary N) is 1. The number of carbonyl (C=O) groups is 1. The largest absolute Gasteiger partial charge is 0.349 e. The van der Waals surface area contributed by atoms with Crippen LogP contribution in [0.3, 0.4) is 0 Å². The number of nitrogens with zero attached hydrogens (tertiary/aromatic N) is 1. The lowest BCUT2D eigenvalue weighted by Crippen LogP contribution is -2.44. The zero-order valence-corrected chi connectivity index (χ0v) is 18.3. The van der Waals surface area contributed by atoms with Crippen molar-refractivity contribution in [2.45, 2.75) is 50.8 Å². The number of sulfonamides is 1. The molecule has 2 aromatic carbocycles. The third-order valence-corrected chi connectivity index (χ3v) is 8.22. The molecular formula is C24H30N2O3S. The van der Waals surface area contributed by atoms with Gasteiger partial charge in [-0.15, -0.1) is 0 Å². The molecule has 1 saturated heterocycles. The van der Waals surface area contributed by atoms with Crippen LogP contribution in [0.15, 0.2) is 48.5 Å². The average Bonchev–Trinajstić information content (AvgIpc) is 2.75. The zero-order chi connectivity index (χ0) is 21.1. The molecule has 1 aliphatic heterocycles. The van der Waals surface area contributed by atoms with Crippen LogP contribution in [0.4, 0.5) is 0 Å². The second-order valence-corrected chi connectivity index (χ2v) is 10.5. The molecule has 0 aromatic heterocycles. The van der Waals surface area contributed by atoms with Crippen molar-refractivity contribution in [1.29, 1.82) is 0 Å². The van der Waals surface area contributed by atoms with Gasteiger partial charge in [-0.3, -0.25) is 4.79 Å². The smallest absolute Gasteiger partial charge is 0.223 e.